The number of carbonyl (C=O) groups is 2. The summed E-state index contributed by atoms with van der Waals surface area (Å²) in [5, 5.41) is 32.3. The van der Waals surface area contributed by atoms with Crippen LogP contribution in [0, 0.1) is 5.92 Å². The maximum Gasteiger partial charge on any atom is 0.290 e. The van der Waals surface area contributed by atoms with E-state index in [0.29, 0.717) is 12.4 Å². The van der Waals surface area contributed by atoms with Gasteiger partial charge in [-0.25, -0.2) is 0 Å². The smallest absolute Gasteiger partial charge is 0.290 e. The molecule has 1 aliphatic rings. The fraction of sp³-hybridized carbons (Fsp3) is 0.643. The van der Waals surface area contributed by atoms with E-state index < -0.39 is 6.10 Å². The van der Waals surface area contributed by atoms with Crippen LogP contribution in [-0.4, -0.2) is 74.7 Å². The second-order valence-corrected chi connectivity index (χ2v) is 5.39. The van der Waals surface area contributed by atoms with Crippen molar-refractivity contribution >= 4 is 18.2 Å². The van der Waals surface area contributed by atoms with Gasteiger partial charge in [0.25, 0.3) is 6.47 Å². The average Bonchev–Trinajstić information content (AvgIpc) is 2.93. The lowest BCUT2D eigenvalue weighted by atomic mass is 9.91. The molecule has 2 rings (SSSR count). The predicted molar refractivity (Wildman–Crippen MR) is 82.8 cm³/mol. The van der Waals surface area contributed by atoms with Gasteiger partial charge in [0.15, 0.2) is 5.82 Å². The van der Waals surface area contributed by atoms with Gasteiger partial charge in [0.1, 0.15) is 0 Å². The summed E-state index contributed by atoms with van der Waals surface area (Å²) in [5.41, 5.74) is 0. The fourth-order valence-corrected chi connectivity index (χ4v) is 2.51. The number of anilines is 1. The Morgan fingerprint density at radius 2 is 2.13 bits per heavy atom. The van der Waals surface area contributed by atoms with Crippen molar-refractivity contribution in [3.8, 4) is 0 Å². The Hall–Kier alpha value is -1.97. The molecule has 0 spiro atoms. The van der Waals surface area contributed by atoms with Crippen LogP contribution in [0.15, 0.2) is 12.3 Å². The number of amides is 1. The van der Waals surface area contributed by atoms with E-state index >= 15 is 0 Å². The molecule has 1 unspecified atom stereocenters. The summed E-state index contributed by atoms with van der Waals surface area (Å²) in [7, 11) is 1.80. The maximum absolute atomic E-state index is 11.9. The molecule has 1 aromatic heterocycles. The van der Waals surface area contributed by atoms with Gasteiger partial charge in [-0.2, -0.15) is 5.10 Å². The number of rotatable bonds is 5. The van der Waals surface area contributed by atoms with Crippen molar-refractivity contribution in [3.05, 3.63) is 12.3 Å². The molecule has 2 heterocycles. The number of hydrogen-bond donors (Lipinski definition) is 4. The van der Waals surface area contributed by atoms with Gasteiger partial charge in [-0.3, -0.25) is 19.2 Å². The van der Waals surface area contributed by atoms with E-state index in [1.165, 1.54) is 0 Å². The van der Waals surface area contributed by atoms with E-state index in [1.807, 2.05) is 0 Å². The van der Waals surface area contributed by atoms with E-state index in [-0.39, 0.29) is 24.9 Å². The van der Waals surface area contributed by atoms with E-state index in [2.05, 4.69) is 15.3 Å². The van der Waals surface area contributed by atoms with Gasteiger partial charge < -0.3 is 20.6 Å². The van der Waals surface area contributed by atoms with Crippen LogP contribution >= 0.6 is 0 Å². The zero-order chi connectivity index (χ0) is 17.2. The first-order valence-electron chi connectivity index (χ1n) is 7.38. The third-order valence-electron chi connectivity index (χ3n) is 3.71. The van der Waals surface area contributed by atoms with Crippen molar-refractivity contribution in [3.63, 3.8) is 0 Å². The minimum atomic E-state index is -0.639. The van der Waals surface area contributed by atoms with Crippen LogP contribution in [0.25, 0.3) is 0 Å². The summed E-state index contributed by atoms with van der Waals surface area (Å²) in [4.78, 5) is 22.3. The van der Waals surface area contributed by atoms with Crippen molar-refractivity contribution in [2.45, 2.75) is 18.9 Å². The molecule has 1 atom stereocenters. The maximum atomic E-state index is 11.9. The van der Waals surface area contributed by atoms with Gasteiger partial charge in [0.05, 0.1) is 19.3 Å². The van der Waals surface area contributed by atoms with Crippen LogP contribution in [0.5, 0.6) is 0 Å². The lowest BCUT2D eigenvalue weighted by molar-refractivity contribution is -0.123. The zero-order valence-corrected chi connectivity index (χ0v) is 13.1. The quantitative estimate of drug-likeness (QED) is 0.517. The molecule has 0 aliphatic carbocycles. The molecule has 4 N–H and O–H groups in total. The molecule has 23 heavy (non-hydrogen) atoms. The van der Waals surface area contributed by atoms with Gasteiger partial charge >= 0.3 is 0 Å². The third-order valence-corrected chi connectivity index (χ3v) is 3.71. The molecule has 1 fully saturated rings. The van der Waals surface area contributed by atoms with Gasteiger partial charge in [0, 0.05) is 19.3 Å². The number of carbonyl (C=O) groups excluding carboxylic acids is 1. The Morgan fingerprint density at radius 1 is 1.52 bits per heavy atom. The van der Waals surface area contributed by atoms with E-state index in [4.69, 9.17) is 15.0 Å². The van der Waals surface area contributed by atoms with Crippen LogP contribution in [0.3, 0.4) is 0 Å². The Labute approximate surface area is 134 Å². The number of aliphatic hydroxyl groups is 2. The van der Waals surface area contributed by atoms with Crippen LogP contribution in [-0.2, 0) is 16.6 Å². The SMILES string of the molecule is Cn1ccc(NC(=O)CN2CCC(C(O)CO)CC2)n1.O=CO. The largest absolute Gasteiger partial charge is 0.483 e. The Balaban J connectivity index is 0.000000816. The molecule has 0 aromatic carbocycles. The van der Waals surface area contributed by atoms with Gasteiger partial charge in [-0.15, -0.1) is 0 Å². The number of nitrogens with zero attached hydrogens (tertiary/aromatic N) is 3. The molecule has 1 aliphatic heterocycles. The second kappa shape index (κ2) is 9.93. The van der Waals surface area contributed by atoms with Crippen molar-refractivity contribution in [1.29, 1.82) is 0 Å². The summed E-state index contributed by atoms with van der Waals surface area (Å²) in [6.45, 7) is 1.41. The normalized spacial score (nSPS) is 17.0. The fourth-order valence-electron chi connectivity index (χ4n) is 2.51. The van der Waals surface area contributed by atoms with Gasteiger partial charge in [-0.1, -0.05) is 0 Å². The first-order valence-corrected chi connectivity index (χ1v) is 7.38. The Morgan fingerprint density at radius 3 is 2.61 bits per heavy atom. The molecule has 1 saturated heterocycles. The Bertz CT molecular complexity index is 485. The second-order valence-electron chi connectivity index (χ2n) is 5.39. The number of hydrogen-bond acceptors (Lipinski definition) is 6. The molecule has 0 saturated carbocycles. The third kappa shape index (κ3) is 6.76. The molecular weight excluding hydrogens is 304 g/mol. The zero-order valence-electron chi connectivity index (χ0n) is 13.1. The molecule has 0 bridgehead atoms. The minimum Gasteiger partial charge on any atom is -0.483 e. The number of piperidine rings is 1. The van der Waals surface area contributed by atoms with Crippen molar-refractivity contribution < 1.29 is 24.9 Å². The highest BCUT2D eigenvalue weighted by Crippen LogP contribution is 2.20. The van der Waals surface area contributed by atoms with E-state index in [0.717, 1.165) is 25.9 Å². The van der Waals surface area contributed by atoms with Crippen molar-refractivity contribution in [1.82, 2.24) is 14.7 Å². The van der Waals surface area contributed by atoms with Crippen LogP contribution in [0.4, 0.5) is 5.82 Å². The lowest BCUT2D eigenvalue weighted by Gasteiger charge is -2.33. The number of likely N-dealkylation sites (tertiary alicyclic amines) is 1. The monoisotopic (exact) mass is 328 g/mol. The highest BCUT2D eigenvalue weighted by Gasteiger charge is 2.25. The van der Waals surface area contributed by atoms with Crippen molar-refractivity contribution in [2.24, 2.45) is 13.0 Å². The van der Waals surface area contributed by atoms with Crippen LogP contribution < -0.4 is 5.32 Å². The predicted octanol–water partition coefficient (Wildman–Crippen LogP) is -0.875. The number of aliphatic hydroxyl groups excluding tert-OH is 2. The van der Waals surface area contributed by atoms with Crippen LogP contribution in [0.1, 0.15) is 12.8 Å². The minimum absolute atomic E-state index is 0.0788. The van der Waals surface area contributed by atoms with Gasteiger partial charge in [0.2, 0.25) is 5.91 Å². The molecule has 1 aromatic rings. The molecule has 130 valence electrons. The topological polar surface area (TPSA) is 128 Å². The van der Waals surface area contributed by atoms with Gasteiger partial charge in [-0.05, 0) is 31.8 Å². The molecule has 1 amide bonds. The van der Waals surface area contributed by atoms with E-state index in [1.54, 1.807) is 24.0 Å². The molecular formula is C14H24N4O5. The number of aryl methyl sites for hydroxylation is 1. The molecule has 9 heteroatoms. The highest BCUT2D eigenvalue weighted by molar-refractivity contribution is 5.91. The highest BCUT2D eigenvalue weighted by atomic mass is 16.3. The average molecular weight is 328 g/mol. The molecule has 9 nitrogen and oxygen atoms in total. The summed E-state index contributed by atoms with van der Waals surface area (Å²) in [5.74, 6) is 0.614. The number of nitrogens with one attached hydrogen (secondary N) is 1. The first-order chi connectivity index (χ1) is 11.0. The molecule has 0 radical (unpaired) electrons. The van der Waals surface area contributed by atoms with Crippen molar-refractivity contribution in [2.75, 3.05) is 31.6 Å². The number of aromatic nitrogens is 2. The standard InChI is InChI=1S/C13H22N4O3.CH2O2/c1-16-5-4-12(15-16)14-13(20)8-17-6-2-10(3-7-17)11(19)9-18;2-1-3/h4-5,10-11,18-19H,2-3,6-9H2,1H3,(H,14,15,20);1H,(H,2,3). The summed E-state index contributed by atoms with van der Waals surface area (Å²) in [6.07, 6.45) is 2.74. The summed E-state index contributed by atoms with van der Waals surface area (Å²) in [6, 6.07) is 1.75. The summed E-state index contributed by atoms with van der Waals surface area (Å²) >= 11 is 0. The lowest BCUT2D eigenvalue weighted by Crippen LogP contribution is -2.42. The number of carboxylic acid groups (broad SMARTS) is 1. The van der Waals surface area contributed by atoms with E-state index in [9.17, 15) is 9.90 Å². The summed E-state index contributed by atoms with van der Waals surface area (Å²) < 4.78 is 1.64. The Kier molecular flexibility index (Phi) is 8.23. The van der Waals surface area contributed by atoms with Crippen LogP contribution in [0.2, 0.25) is 0 Å². The first kappa shape index (κ1) is 19.1.